The highest BCUT2D eigenvalue weighted by Gasteiger charge is 2.17. The first-order chi connectivity index (χ1) is 10.1. The van der Waals surface area contributed by atoms with E-state index in [2.05, 4.69) is 17.2 Å². The second-order valence-electron chi connectivity index (χ2n) is 5.76. The topological polar surface area (TPSA) is 58.4 Å². The van der Waals surface area contributed by atoms with E-state index in [1.807, 2.05) is 0 Å². The van der Waals surface area contributed by atoms with Crippen LogP contribution in [-0.4, -0.2) is 23.9 Å². The van der Waals surface area contributed by atoms with Crippen molar-refractivity contribution >= 4 is 5.91 Å². The van der Waals surface area contributed by atoms with Gasteiger partial charge in [-0.15, -0.1) is 0 Å². The Hall–Kier alpha value is -1.46. The van der Waals surface area contributed by atoms with E-state index in [1.165, 1.54) is 31.4 Å². The number of hydrogen-bond acceptors (Lipinski definition) is 3. The van der Waals surface area contributed by atoms with E-state index in [0.29, 0.717) is 17.7 Å². The van der Waals surface area contributed by atoms with Crippen LogP contribution in [0.2, 0.25) is 0 Å². The summed E-state index contributed by atoms with van der Waals surface area (Å²) in [4.78, 5) is 13.8. The predicted octanol–water partition coefficient (Wildman–Crippen LogP) is 2.44. The molecule has 1 aromatic carbocycles. The Bertz CT molecular complexity index is 492. The third kappa shape index (κ3) is 4.25. The first-order valence-corrected chi connectivity index (χ1v) is 7.65. The van der Waals surface area contributed by atoms with Crippen LogP contribution < -0.4 is 11.3 Å². The fourth-order valence-corrected chi connectivity index (χ4v) is 2.95. The molecule has 0 aliphatic carbocycles. The zero-order valence-electron chi connectivity index (χ0n) is 12.6. The summed E-state index contributed by atoms with van der Waals surface area (Å²) in [6, 6.07) is 4.39. The lowest BCUT2D eigenvalue weighted by Gasteiger charge is -2.20. The third-order valence-electron chi connectivity index (χ3n) is 4.35. The van der Waals surface area contributed by atoms with Gasteiger partial charge < -0.3 is 0 Å². The minimum absolute atomic E-state index is 0.264. The van der Waals surface area contributed by atoms with E-state index in [9.17, 15) is 9.18 Å². The zero-order valence-corrected chi connectivity index (χ0v) is 12.6. The van der Waals surface area contributed by atoms with Crippen LogP contribution in [0.3, 0.4) is 0 Å². The largest absolute Gasteiger partial charge is 0.299 e. The maximum atomic E-state index is 13.9. The molecule has 1 fully saturated rings. The molecule has 21 heavy (non-hydrogen) atoms. The summed E-state index contributed by atoms with van der Waals surface area (Å²) in [7, 11) is 0. The summed E-state index contributed by atoms with van der Waals surface area (Å²) >= 11 is 0. The summed E-state index contributed by atoms with van der Waals surface area (Å²) in [6.45, 7) is 4.76. The number of nitrogens with zero attached hydrogens (tertiary/aromatic N) is 1. The van der Waals surface area contributed by atoms with Crippen molar-refractivity contribution in [3.05, 3.63) is 35.1 Å². The SMILES string of the molecule is CCC1CCCN(Cc2cc(C(=O)NN)ccc2F)CC1. The number of nitrogens with two attached hydrogens (primary N) is 1. The Balaban J connectivity index is 2.06. The molecule has 116 valence electrons. The van der Waals surface area contributed by atoms with Gasteiger partial charge in [-0.05, 0) is 56.5 Å². The Morgan fingerprint density at radius 1 is 1.43 bits per heavy atom. The Kier molecular flexibility index (Phi) is 5.70. The average molecular weight is 293 g/mol. The van der Waals surface area contributed by atoms with Crippen LogP contribution in [0.15, 0.2) is 18.2 Å². The van der Waals surface area contributed by atoms with Gasteiger partial charge in [0.15, 0.2) is 0 Å². The molecule has 0 radical (unpaired) electrons. The molecular formula is C16H24FN3O. The van der Waals surface area contributed by atoms with Crippen LogP contribution in [0.1, 0.15) is 48.5 Å². The molecule has 3 N–H and O–H groups in total. The zero-order chi connectivity index (χ0) is 15.2. The standard InChI is InChI=1S/C16H24FN3O/c1-2-12-4-3-8-20(9-7-12)11-14-10-13(16(21)19-18)5-6-15(14)17/h5-6,10,12H,2-4,7-9,11,18H2,1H3,(H,19,21). The normalized spacial score (nSPS) is 20.0. The molecule has 5 heteroatoms. The van der Waals surface area contributed by atoms with Gasteiger partial charge >= 0.3 is 0 Å². The molecule has 0 bridgehead atoms. The predicted molar refractivity (Wildman–Crippen MR) is 81.0 cm³/mol. The lowest BCUT2D eigenvalue weighted by Crippen LogP contribution is -2.30. The van der Waals surface area contributed by atoms with Crippen LogP contribution in [0.5, 0.6) is 0 Å². The van der Waals surface area contributed by atoms with E-state index in [4.69, 9.17) is 5.84 Å². The van der Waals surface area contributed by atoms with E-state index in [0.717, 1.165) is 25.4 Å². The molecule has 0 aromatic heterocycles. The van der Waals surface area contributed by atoms with Crippen molar-refractivity contribution in [3.63, 3.8) is 0 Å². The van der Waals surface area contributed by atoms with Gasteiger partial charge in [0.2, 0.25) is 0 Å². The fraction of sp³-hybridized carbons (Fsp3) is 0.562. The van der Waals surface area contributed by atoms with Gasteiger partial charge in [-0.3, -0.25) is 15.1 Å². The van der Waals surface area contributed by atoms with Crippen LogP contribution in [0.25, 0.3) is 0 Å². The fourth-order valence-electron chi connectivity index (χ4n) is 2.95. The number of nitrogens with one attached hydrogen (secondary N) is 1. The Labute approximate surface area is 125 Å². The van der Waals surface area contributed by atoms with Gasteiger partial charge in [-0.1, -0.05) is 13.3 Å². The van der Waals surface area contributed by atoms with Gasteiger partial charge in [0.05, 0.1) is 0 Å². The van der Waals surface area contributed by atoms with Crippen molar-refractivity contribution in [2.75, 3.05) is 13.1 Å². The van der Waals surface area contributed by atoms with Crippen molar-refractivity contribution < 1.29 is 9.18 Å². The number of amides is 1. The van der Waals surface area contributed by atoms with Crippen LogP contribution >= 0.6 is 0 Å². The molecule has 4 nitrogen and oxygen atoms in total. The van der Waals surface area contributed by atoms with E-state index < -0.39 is 5.91 Å². The molecule has 0 saturated carbocycles. The molecule has 1 saturated heterocycles. The summed E-state index contributed by atoms with van der Waals surface area (Å²) in [6.07, 6.45) is 4.80. The number of carbonyl (C=O) groups excluding carboxylic acids is 1. The quantitative estimate of drug-likeness (QED) is 0.509. The lowest BCUT2D eigenvalue weighted by atomic mass is 9.98. The maximum Gasteiger partial charge on any atom is 0.265 e. The monoisotopic (exact) mass is 293 g/mol. The molecule has 1 aliphatic rings. The molecule has 1 atom stereocenters. The van der Waals surface area contributed by atoms with Gasteiger partial charge in [-0.2, -0.15) is 0 Å². The molecular weight excluding hydrogens is 269 g/mol. The van der Waals surface area contributed by atoms with E-state index in [1.54, 1.807) is 6.07 Å². The van der Waals surface area contributed by atoms with Crippen molar-refractivity contribution in [2.24, 2.45) is 11.8 Å². The van der Waals surface area contributed by atoms with Gasteiger partial charge in [0, 0.05) is 17.7 Å². The van der Waals surface area contributed by atoms with E-state index >= 15 is 0 Å². The van der Waals surface area contributed by atoms with Crippen molar-refractivity contribution in [3.8, 4) is 0 Å². The summed E-state index contributed by atoms with van der Waals surface area (Å²) in [5.41, 5.74) is 3.04. The first-order valence-electron chi connectivity index (χ1n) is 7.65. The molecule has 1 heterocycles. The second-order valence-corrected chi connectivity index (χ2v) is 5.76. The highest BCUT2D eigenvalue weighted by atomic mass is 19.1. The van der Waals surface area contributed by atoms with Gasteiger partial charge in [0.1, 0.15) is 5.82 Å². The van der Waals surface area contributed by atoms with E-state index in [-0.39, 0.29) is 5.82 Å². The van der Waals surface area contributed by atoms with Crippen LogP contribution in [-0.2, 0) is 6.54 Å². The van der Waals surface area contributed by atoms with Crippen LogP contribution in [0, 0.1) is 11.7 Å². The number of hydrazine groups is 1. The number of benzene rings is 1. The van der Waals surface area contributed by atoms with Crippen molar-refractivity contribution in [1.29, 1.82) is 0 Å². The van der Waals surface area contributed by atoms with Crippen molar-refractivity contribution in [2.45, 2.75) is 39.2 Å². The van der Waals surface area contributed by atoms with Gasteiger partial charge in [-0.25, -0.2) is 10.2 Å². The third-order valence-corrected chi connectivity index (χ3v) is 4.35. The molecule has 1 aromatic rings. The maximum absolute atomic E-state index is 13.9. The lowest BCUT2D eigenvalue weighted by molar-refractivity contribution is 0.0953. The Morgan fingerprint density at radius 2 is 2.24 bits per heavy atom. The number of likely N-dealkylation sites (tertiary alicyclic amines) is 1. The van der Waals surface area contributed by atoms with Crippen molar-refractivity contribution in [1.82, 2.24) is 10.3 Å². The van der Waals surface area contributed by atoms with Gasteiger partial charge in [0.25, 0.3) is 5.91 Å². The summed E-state index contributed by atoms with van der Waals surface area (Å²) in [5.74, 6) is 5.26. The number of hydrogen-bond donors (Lipinski definition) is 2. The van der Waals surface area contributed by atoms with Crippen LogP contribution in [0.4, 0.5) is 4.39 Å². The number of nitrogen functional groups attached to an aromatic ring is 1. The number of rotatable bonds is 4. The summed E-state index contributed by atoms with van der Waals surface area (Å²) < 4.78 is 13.9. The first kappa shape index (κ1) is 15.9. The smallest absolute Gasteiger partial charge is 0.265 e. The minimum atomic E-state index is -0.391. The molecule has 1 unspecified atom stereocenters. The minimum Gasteiger partial charge on any atom is -0.299 e. The number of carbonyl (C=O) groups is 1. The molecule has 1 aliphatic heterocycles. The Morgan fingerprint density at radius 3 is 2.95 bits per heavy atom. The molecule has 1 amide bonds. The summed E-state index contributed by atoms with van der Waals surface area (Å²) in [5, 5.41) is 0. The molecule has 0 spiro atoms. The highest BCUT2D eigenvalue weighted by molar-refractivity contribution is 5.93. The average Bonchev–Trinajstić information content (AvgIpc) is 2.73. The highest BCUT2D eigenvalue weighted by Crippen LogP contribution is 2.22. The number of halogens is 1. The second kappa shape index (κ2) is 7.52. The molecule has 2 rings (SSSR count).